The van der Waals surface area contributed by atoms with Crippen molar-refractivity contribution >= 4 is 0 Å². The van der Waals surface area contributed by atoms with Gasteiger partial charge in [-0.1, -0.05) is 42.5 Å². The highest BCUT2D eigenvalue weighted by Crippen LogP contribution is 2.43. The van der Waals surface area contributed by atoms with Gasteiger partial charge in [-0.15, -0.1) is 0 Å². The van der Waals surface area contributed by atoms with E-state index in [1.165, 1.54) is 12.1 Å². The van der Waals surface area contributed by atoms with Crippen LogP contribution in [0.3, 0.4) is 0 Å². The number of rotatable bonds is 7. The van der Waals surface area contributed by atoms with Crippen LogP contribution in [0.1, 0.15) is 58.2 Å². The zero-order valence-electron chi connectivity index (χ0n) is 25.3. The number of alkyl halides is 6. The number of nitrogens with zero attached hydrogens (tertiary/aromatic N) is 4. The van der Waals surface area contributed by atoms with Crippen LogP contribution in [-0.2, 0) is 48.9 Å². The fraction of sp³-hybridized carbons (Fsp3) is 0.364. The maximum Gasteiger partial charge on any atom is 0.433 e. The number of hydrogen-bond donors (Lipinski definition) is 1. The summed E-state index contributed by atoms with van der Waals surface area (Å²) in [5.74, 6) is -1.17. The number of nitrogens with two attached hydrogens (primary N) is 1. The van der Waals surface area contributed by atoms with Gasteiger partial charge in [0.15, 0.2) is 0 Å². The van der Waals surface area contributed by atoms with Crippen molar-refractivity contribution in [2.24, 2.45) is 5.73 Å². The van der Waals surface area contributed by atoms with Crippen LogP contribution in [0.15, 0.2) is 76.3 Å². The molecular weight excluding hydrogens is 647 g/mol. The molecule has 0 amide bonds. The average Bonchev–Trinajstić information content (AvgIpc) is 3.41. The Bertz CT molecular complexity index is 1930. The standard InChI is InChI=1S/C33H30F7N5O3/c34-24-10-5-9-23(32(35,36)37)22(24)17-44-26-19-48-31(12-14-43(15-13-31)16-21-8-4-11-27(42-21)33(38,39)40)28(26)29(46)45(30(44)47)18-25(41)20-6-2-1-3-7-20/h1-11,25H,12-19,41H2. The van der Waals surface area contributed by atoms with Crippen LogP contribution < -0.4 is 17.0 Å². The van der Waals surface area contributed by atoms with Crippen LogP contribution >= 0.6 is 0 Å². The smallest absolute Gasteiger partial charge is 0.364 e. The minimum atomic E-state index is -4.92. The highest BCUT2D eigenvalue weighted by Gasteiger charge is 2.47. The summed E-state index contributed by atoms with van der Waals surface area (Å²) in [5, 5.41) is 0. The van der Waals surface area contributed by atoms with Crippen molar-refractivity contribution in [2.45, 2.75) is 63.1 Å². The van der Waals surface area contributed by atoms with E-state index in [1.54, 1.807) is 30.3 Å². The monoisotopic (exact) mass is 677 g/mol. The summed E-state index contributed by atoms with van der Waals surface area (Å²) < 4.78 is 104. The molecule has 1 saturated heterocycles. The number of fused-ring (bicyclic) bond motifs is 2. The molecule has 15 heteroatoms. The molecule has 4 aromatic rings. The molecule has 0 aliphatic carbocycles. The lowest BCUT2D eigenvalue weighted by Gasteiger charge is -2.38. The van der Waals surface area contributed by atoms with E-state index in [-0.39, 0.29) is 62.6 Å². The summed E-state index contributed by atoms with van der Waals surface area (Å²) in [7, 11) is 0. The van der Waals surface area contributed by atoms with E-state index in [2.05, 4.69) is 4.98 Å². The molecule has 2 aromatic carbocycles. The number of halogens is 7. The lowest BCUT2D eigenvalue weighted by Crippen LogP contribution is -2.49. The topological polar surface area (TPSA) is 95.4 Å². The molecule has 4 heterocycles. The number of hydrogen-bond acceptors (Lipinski definition) is 6. The molecule has 48 heavy (non-hydrogen) atoms. The van der Waals surface area contributed by atoms with E-state index < -0.39 is 64.4 Å². The summed E-state index contributed by atoms with van der Waals surface area (Å²) in [5.41, 5.74) is 1.33. The Labute approximate surface area is 269 Å². The number of likely N-dealkylation sites (tertiary alicyclic amines) is 1. The zero-order valence-corrected chi connectivity index (χ0v) is 25.3. The van der Waals surface area contributed by atoms with Crippen LogP contribution in [-0.4, -0.2) is 32.1 Å². The number of pyridine rings is 1. The summed E-state index contributed by atoms with van der Waals surface area (Å²) in [6.45, 7) is -0.805. The van der Waals surface area contributed by atoms with Gasteiger partial charge in [0.25, 0.3) is 5.56 Å². The van der Waals surface area contributed by atoms with Crippen LogP contribution in [0, 0.1) is 5.82 Å². The van der Waals surface area contributed by atoms with E-state index >= 15 is 4.39 Å². The van der Waals surface area contributed by atoms with Gasteiger partial charge in [-0.05, 0) is 42.7 Å². The lowest BCUT2D eigenvalue weighted by atomic mass is 9.85. The Morgan fingerprint density at radius 3 is 2.21 bits per heavy atom. The van der Waals surface area contributed by atoms with Crippen molar-refractivity contribution in [3.05, 3.63) is 133 Å². The fourth-order valence-corrected chi connectivity index (χ4v) is 6.52. The molecule has 1 spiro atoms. The SMILES string of the molecule is NC(Cn1c(=O)c2c(n(Cc3c(F)cccc3C(F)(F)F)c1=O)COC21CCN(Cc2cccc(C(F)(F)F)n2)CC1)c1ccccc1. The lowest BCUT2D eigenvalue weighted by molar-refractivity contribution is -0.141. The van der Waals surface area contributed by atoms with Crippen LogP contribution in [0.4, 0.5) is 30.7 Å². The van der Waals surface area contributed by atoms with E-state index in [0.717, 1.165) is 33.4 Å². The first-order valence-electron chi connectivity index (χ1n) is 15.1. The van der Waals surface area contributed by atoms with E-state index in [0.29, 0.717) is 5.56 Å². The Balaban J connectivity index is 1.38. The molecule has 8 nitrogen and oxygen atoms in total. The molecule has 2 aromatic heterocycles. The third kappa shape index (κ3) is 6.41. The number of aromatic nitrogens is 3. The van der Waals surface area contributed by atoms with E-state index in [9.17, 15) is 35.9 Å². The Morgan fingerprint density at radius 2 is 1.54 bits per heavy atom. The molecule has 0 saturated carbocycles. The quantitative estimate of drug-likeness (QED) is 0.265. The van der Waals surface area contributed by atoms with E-state index in [4.69, 9.17) is 10.5 Å². The zero-order chi connectivity index (χ0) is 34.4. The maximum absolute atomic E-state index is 15.0. The van der Waals surface area contributed by atoms with Crippen molar-refractivity contribution in [1.29, 1.82) is 0 Å². The third-order valence-corrected chi connectivity index (χ3v) is 8.97. The highest BCUT2D eigenvalue weighted by molar-refractivity contribution is 5.35. The van der Waals surface area contributed by atoms with Gasteiger partial charge >= 0.3 is 18.0 Å². The van der Waals surface area contributed by atoms with Crippen LogP contribution in [0.5, 0.6) is 0 Å². The van der Waals surface area contributed by atoms with Crippen molar-refractivity contribution < 1.29 is 35.5 Å². The van der Waals surface area contributed by atoms with E-state index in [1.807, 2.05) is 4.90 Å². The van der Waals surface area contributed by atoms with Gasteiger partial charge in [0, 0.05) is 31.2 Å². The number of benzene rings is 2. The molecule has 0 bridgehead atoms. The second kappa shape index (κ2) is 12.6. The van der Waals surface area contributed by atoms with Gasteiger partial charge < -0.3 is 10.5 Å². The molecule has 1 fully saturated rings. The van der Waals surface area contributed by atoms with Gasteiger partial charge in [-0.2, -0.15) is 26.3 Å². The number of ether oxygens (including phenoxy) is 1. The molecule has 2 aliphatic rings. The minimum Gasteiger partial charge on any atom is -0.364 e. The first kappa shape index (κ1) is 33.6. The molecular formula is C33H30F7N5O3. The second-order valence-electron chi connectivity index (χ2n) is 12.0. The molecule has 254 valence electrons. The summed E-state index contributed by atoms with van der Waals surface area (Å²) in [4.78, 5) is 33.7. The van der Waals surface area contributed by atoms with Gasteiger partial charge in [0.1, 0.15) is 17.1 Å². The van der Waals surface area contributed by atoms with Crippen molar-refractivity contribution in [1.82, 2.24) is 19.0 Å². The second-order valence-corrected chi connectivity index (χ2v) is 12.0. The first-order valence-corrected chi connectivity index (χ1v) is 15.1. The molecule has 1 unspecified atom stereocenters. The predicted octanol–water partition coefficient (Wildman–Crippen LogP) is 5.35. The van der Waals surface area contributed by atoms with Gasteiger partial charge in [0.2, 0.25) is 0 Å². The molecule has 2 aliphatic heterocycles. The Kier molecular flexibility index (Phi) is 8.81. The average molecular weight is 678 g/mol. The van der Waals surface area contributed by atoms with Crippen LogP contribution in [0.25, 0.3) is 0 Å². The molecule has 1 atom stereocenters. The molecule has 0 radical (unpaired) electrons. The predicted molar refractivity (Wildman–Crippen MR) is 159 cm³/mol. The Hall–Kier alpha value is -4.34. The largest absolute Gasteiger partial charge is 0.433 e. The van der Waals surface area contributed by atoms with Crippen molar-refractivity contribution in [2.75, 3.05) is 13.1 Å². The summed E-state index contributed by atoms with van der Waals surface area (Å²) in [6, 6.07) is 13.9. The number of piperidine rings is 1. The summed E-state index contributed by atoms with van der Waals surface area (Å²) >= 11 is 0. The molecule has 6 rings (SSSR count). The van der Waals surface area contributed by atoms with Gasteiger partial charge in [-0.3, -0.25) is 18.8 Å². The fourth-order valence-electron chi connectivity index (χ4n) is 6.52. The van der Waals surface area contributed by atoms with Crippen LogP contribution in [0.2, 0.25) is 0 Å². The Morgan fingerprint density at radius 1 is 0.854 bits per heavy atom. The van der Waals surface area contributed by atoms with Gasteiger partial charge in [0.05, 0.1) is 42.2 Å². The molecule has 2 N–H and O–H groups in total. The normalized spacial score (nSPS) is 17.1. The first-order chi connectivity index (χ1) is 22.7. The highest BCUT2D eigenvalue weighted by atomic mass is 19.4. The summed E-state index contributed by atoms with van der Waals surface area (Å²) in [6.07, 6.45) is -9.16. The minimum absolute atomic E-state index is 0.0407. The van der Waals surface area contributed by atoms with Gasteiger partial charge in [-0.25, -0.2) is 14.2 Å². The van der Waals surface area contributed by atoms with Crippen molar-refractivity contribution in [3.8, 4) is 0 Å². The maximum atomic E-state index is 15.0. The van der Waals surface area contributed by atoms with Crippen molar-refractivity contribution in [3.63, 3.8) is 0 Å². The third-order valence-electron chi connectivity index (χ3n) is 8.97.